The summed E-state index contributed by atoms with van der Waals surface area (Å²) in [5.41, 5.74) is 12.5. The maximum atomic E-state index is 6.09. The Morgan fingerprint density at radius 2 is 2.15 bits per heavy atom. The van der Waals surface area contributed by atoms with Crippen molar-refractivity contribution in [2.24, 2.45) is 7.05 Å². The Morgan fingerprint density at radius 3 is 3.00 bits per heavy atom. The molecule has 7 heteroatoms. The maximum absolute atomic E-state index is 6.09. The van der Waals surface area contributed by atoms with Gasteiger partial charge in [0.2, 0.25) is 5.95 Å². The lowest BCUT2D eigenvalue weighted by Gasteiger charge is -2.06. The topological polar surface area (TPSA) is 74.6 Å². The van der Waals surface area contributed by atoms with Gasteiger partial charge in [-0.15, -0.1) is 11.3 Å². The zero-order valence-electron chi connectivity index (χ0n) is 11.0. The van der Waals surface area contributed by atoms with E-state index in [0.29, 0.717) is 5.95 Å². The van der Waals surface area contributed by atoms with Gasteiger partial charge in [0.25, 0.3) is 0 Å². The first-order chi connectivity index (χ1) is 9.65. The minimum Gasteiger partial charge on any atom is -0.369 e. The molecule has 1 aromatic carbocycles. The van der Waals surface area contributed by atoms with Crippen molar-refractivity contribution in [3.05, 3.63) is 29.4 Å². The highest BCUT2D eigenvalue weighted by Gasteiger charge is 2.17. The summed E-state index contributed by atoms with van der Waals surface area (Å²) in [6.07, 6.45) is 0. The fourth-order valence-electron chi connectivity index (χ4n) is 2.53. The van der Waals surface area contributed by atoms with Gasteiger partial charge >= 0.3 is 0 Å². The first-order valence-electron chi connectivity index (χ1n) is 6.16. The summed E-state index contributed by atoms with van der Waals surface area (Å²) in [5, 5.41) is 4.40. The summed E-state index contributed by atoms with van der Waals surface area (Å²) in [4.78, 5) is 8.72. The number of nitrogens with two attached hydrogens (primary N) is 1. The normalized spacial score (nSPS) is 11.7. The maximum Gasteiger partial charge on any atom is 0.207 e. The number of hydrogen-bond acceptors (Lipinski definition) is 5. The molecule has 2 N–H and O–H groups in total. The molecule has 20 heavy (non-hydrogen) atoms. The zero-order valence-corrected chi connectivity index (χ0v) is 11.8. The lowest BCUT2D eigenvalue weighted by molar-refractivity contribution is 0.762. The lowest BCUT2D eigenvalue weighted by atomic mass is 10.3. The van der Waals surface area contributed by atoms with Crippen LogP contribution in [0, 0.1) is 6.92 Å². The van der Waals surface area contributed by atoms with Gasteiger partial charge < -0.3 is 5.73 Å². The molecule has 0 saturated carbocycles. The first-order valence-corrected chi connectivity index (χ1v) is 7.04. The number of aryl methyl sites for hydroxylation is 2. The molecule has 0 amide bonds. The highest BCUT2D eigenvalue weighted by atomic mass is 32.1. The molecular weight excluding hydrogens is 272 g/mol. The van der Waals surface area contributed by atoms with Gasteiger partial charge in [-0.05, 0) is 25.1 Å². The predicted molar refractivity (Wildman–Crippen MR) is 80.2 cm³/mol. The van der Waals surface area contributed by atoms with E-state index >= 15 is 0 Å². The Balaban J connectivity index is 2.07. The van der Waals surface area contributed by atoms with E-state index in [9.17, 15) is 0 Å². The minimum absolute atomic E-state index is 0.472. The Kier molecular flexibility index (Phi) is 2.17. The summed E-state index contributed by atoms with van der Waals surface area (Å²) < 4.78 is 4.86. The van der Waals surface area contributed by atoms with Gasteiger partial charge in [-0.3, -0.25) is 4.57 Å². The van der Waals surface area contributed by atoms with E-state index in [-0.39, 0.29) is 0 Å². The third kappa shape index (κ3) is 1.41. The Morgan fingerprint density at radius 1 is 1.30 bits per heavy atom. The summed E-state index contributed by atoms with van der Waals surface area (Å²) in [6, 6.07) is 6.07. The van der Waals surface area contributed by atoms with Crippen LogP contribution >= 0.6 is 11.3 Å². The molecule has 0 radical (unpaired) electrons. The number of aromatic nitrogens is 5. The van der Waals surface area contributed by atoms with Gasteiger partial charge in [0.1, 0.15) is 5.52 Å². The molecule has 0 unspecified atom stereocenters. The largest absolute Gasteiger partial charge is 0.369 e. The molecule has 0 atom stereocenters. The number of imidazole rings is 1. The summed E-state index contributed by atoms with van der Waals surface area (Å²) in [7, 11) is 1.90. The van der Waals surface area contributed by atoms with Crippen LogP contribution in [-0.2, 0) is 7.05 Å². The van der Waals surface area contributed by atoms with Crippen molar-refractivity contribution in [1.29, 1.82) is 0 Å². The van der Waals surface area contributed by atoms with Crippen molar-refractivity contribution in [2.75, 3.05) is 5.73 Å². The fraction of sp³-hybridized carbons (Fsp3) is 0.154. The summed E-state index contributed by atoms with van der Waals surface area (Å²) in [5.74, 6) is 0.472. The number of hydrogen-bond donors (Lipinski definition) is 1. The standard InChI is InChI=1S/C13H12N6S/c1-7-11-12(18(2)17-7)19(13(14)16-11)8-3-4-9-10(5-8)20-6-15-9/h3-6H,1-2H3,(H2,14,16). The van der Waals surface area contributed by atoms with Crippen molar-refractivity contribution in [3.8, 4) is 5.69 Å². The molecule has 0 fully saturated rings. The van der Waals surface area contributed by atoms with Gasteiger partial charge in [0.15, 0.2) is 5.65 Å². The quantitative estimate of drug-likeness (QED) is 0.582. The second kappa shape index (κ2) is 3.80. The molecule has 4 aromatic rings. The number of thiazole rings is 1. The van der Waals surface area contributed by atoms with E-state index in [1.807, 2.05) is 40.9 Å². The number of nitrogen functional groups attached to an aromatic ring is 1. The predicted octanol–water partition coefficient (Wildman–Crippen LogP) is 2.26. The molecule has 0 spiro atoms. The number of nitrogens with zero attached hydrogens (tertiary/aromatic N) is 5. The van der Waals surface area contributed by atoms with Crippen molar-refractivity contribution >= 4 is 38.7 Å². The van der Waals surface area contributed by atoms with Gasteiger partial charge in [-0.25, -0.2) is 14.6 Å². The average Bonchev–Trinajstić information content (AvgIpc) is 3.06. The van der Waals surface area contributed by atoms with Gasteiger partial charge in [-0.2, -0.15) is 5.10 Å². The van der Waals surface area contributed by atoms with Crippen LogP contribution < -0.4 is 5.73 Å². The zero-order chi connectivity index (χ0) is 13.9. The SMILES string of the molecule is Cc1nn(C)c2c1nc(N)n2-c1ccc2ncsc2c1. The van der Waals surface area contributed by atoms with Crippen LogP contribution in [0.4, 0.5) is 5.95 Å². The Hall–Kier alpha value is -2.41. The number of benzene rings is 1. The lowest BCUT2D eigenvalue weighted by Crippen LogP contribution is -2.04. The highest BCUT2D eigenvalue weighted by molar-refractivity contribution is 7.16. The van der Waals surface area contributed by atoms with Crippen LogP contribution in [0.5, 0.6) is 0 Å². The molecule has 0 aliphatic carbocycles. The van der Waals surface area contributed by atoms with Crippen molar-refractivity contribution in [3.63, 3.8) is 0 Å². The monoisotopic (exact) mass is 284 g/mol. The summed E-state index contributed by atoms with van der Waals surface area (Å²) in [6.45, 7) is 1.94. The molecule has 3 heterocycles. The van der Waals surface area contributed by atoms with Crippen LogP contribution in [0.1, 0.15) is 5.69 Å². The first kappa shape index (κ1) is 11.4. The van der Waals surface area contributed by atoms with Gasteiger partial charge in [-0.1, -0.05) is 0 Å². The van der Waals surface area contributed by atoms with Crippen molar-refractivity contribution in [2.45, 2.75) is 6.92 Å². The van der Waals surface area contributed by atoms with E-state index < -0.39 is 0 Å². The molecule has 0 aliphatic rings. The number of rotatable bonds is 1. The third-order valence-electron chi connectivity index (χ3n) is 3.40. The molecule has 4 rings (SSSR count). The summed E-state index contributed by atoms with van der Waals surface area (Å²) >= 11 is 1.61. The van der Waals surface area contributed by atoms with E-state index in [4.69, 9.17) is 5.73 Å². The van der Waals surface area contributed by atoms with Crippen molar-refractivity contribution < 1.29 is 0 Å². The van der Waals surface area contributed by atoms with Crippen LogP contribution in [0.15, 0.2) is 23.7 Å². The van der Waals surface area contributed by atoms with E-state index in [0.717, 1.165) is 32.8 Å². The molecule has 0 saturated heterocycles. The number of anilines is 1. The average molecular weight is 284 g/mol. The van der Waals surface area contributed by atoms with Crippen molar-refractivity contribution in [1.82, 2.24) is 24.3 Å². The Labute approximate surface area is 118 Å². The molecular formula is C13H12N6S. The fourth-order valence-corrected chi connectivity index (χ4v) is 3.24. The molecule has 0 bridgehead atoms. The highest BCUT2D eigenvalue weighted by Crippen LogP contribution is 2.27. The molecule has 6 nitrogen and oxygen atoms in total. The van der Waals surface area contributed by atoms with Crippen LogP contribution in [0.25, 0.3) is 27.1 Å². The Bertz CT molecular complexity index is 945. The van der Waals surface area contributed by atoms with E-state index in [2.05, 4.69) is 21.1 Å². The van der Waals surface area contributed by atoms with E-state index in [1.165, 1.54) is 0 Å². The number of fused-ring (bicyclic) bond motifs is 2. The second-order valence-corrected chi connectivity index (χ2v) is 5.58. The van der Waals surface area contributed by atoms with Crippen LogP contribution in [-0.4, -0.2) is 24.3 Å². The molecule has 0 aliphatic heterocycles. The third-order valence-corrected chi connectivity index (χ3v) is 4.19. The van der Waals surface area contributed by atoms with Gasteiger partial charge in [0.05, 0.1) is 27.1 Å². The second-order valence-electron chi connectivity index (χ2n) is 4.69. The molecule has 3 aromatic heterocycles. The van der Waals surface area contributed by atoms with E-state index in [1.54, 1.807) is 11.3 Å². The van der Waals surface area contributed by atoms with Gasteiger partial charge in [0, 0.05) is 7.05 Å². The van der Waals surface area contributed by atoms with Crippen LogP contribution in [0.3, 0.4) is 0 Å². The smallest absolute Gasteiger partial charge is 0.207 e. The molecule has 100 valence electrons. The minimum atomic E-state index is 0.472. The van der Waals surface area contributed by atoms with Crippen LogP contribution in [0.2, 0.25) is 0 Å².